The Labute approximate surface area is 231 Å². The maximum Gasteiger partial charge on any atom is 0.100 e. The van der Waals surface area contributed by atoms with E-state index in [1.807, 2.05) is 0 Å². The van der Waals surface area contributed by atoms with E-state index in [9.17, 15) is 0 Å². The molecule has 0 aromatic rings. The van der Waals surface area contributed by atoms with E-state index in [0.717, 1.165) is 0 Å². The lowest BCUT2D eigenvalue weighted by Crippen LogP contribution is -3.07. The Kier molecular flexibility index (Phi) is 17.1. The second-order valence-electron chi connectivity index (χ2n) is 12.4. The van der Waals surface area contributed by atoms with Crippen LogP contribution in [0.5, 0.6) is 0 Å². The van der Waals surface area contributed by atoms with Gasteiger partial charge in [0.1, 0.15) is 13.1 Å². The van der Waals surface area contributed by atoms with Crippen LogP contribution in [0, 0.1) is 0 Å². The van der Waals surface area contributed by atoms with Crippen LogP contribution in [-0.2, 0) is 0 Å². The van der Waals surface area contributed by atoms with Crippen LogP contribution >= 0.6 is 0 Å². The van der Waals surface area contributed by atoms with Gasteiger partial charge in [-0.25, -0.2) is 0 Å². The summed E-state index contributed by atoms with van der Waals surface area (Å²) in [5.74, 6) is 0. The molecule has 210 valence electrons. The second kappa shape index (κ2) is 20.8. The van der Waals surface area contributed by atoms with Crippen LogP contribution in [0.1, 0.15) is 148 Å². The summed E-state index contributed by atoms with van der Waals surface area (Å²) in [5.41, 5.74) is 3.20. The smallest absolute Gasteiger partial charge is 0.100 e. The lowest BCUT2D eigenvalue weighted by atomic mass is 10.0. The molecule has 37 heavy (non-hydrogen) atoms. The number of fused-ring (bicyclic) bond motifs is 2. The molecular formula is C35H62N2+2. The lowest BCUT2D eigenvalue weighted by molar-refractivity contribution is -0.842. The van der Waals surface area contributed by atoms with Crippen molar-refractivity contribution in [2.75, 3.05) is 26.2 Å². The fourth-order valence-corrected chi connectivity index (χ4v) is 6.49. The molecule has 3 heterocycles. The van der Waals surface area contributed by atoms with Crippen molar-refractivity contribution in [2.45, 2.75) is 148 Å². The van der Waals surface area contributed by atoms with Crippen LogP contribution in [0.2, 0.25) is 0 Å². The quantitative estimate of drug-likeness (QED) is 0.331. The first-order valence-corrected chi connectivity index (χ1v) is 16.8. The summed E-state index contributed by atoms with van der Waals surface area (Å²) in [6.45, 7) is 5.07. The first kappa shape index (κ1) is 30.4. The molecule has 0 spiro atoms. The minimum Gasteiger partial charge on any atom is -0.305 e. The Hall–Kier alpha value is -1.12. The van der Waals surface area contributed by atoms with Crippen LogP contribution in [0.3, 0.4) is 0 Å². The number of nitrogens with one attached hydrogen (secondary N) is 2. The zero-order chi connectivity index (χ0) is 25.6. The molecule has 3 aliphatic heterocycles. The molecule has 0 radical (unpaired) electrons. The first-order chi connectivity index (χ1) is 18.4. The van der Waals surface area contributed by atoms with E-state index in [0.29, 0.717) is 0 Å². The maximum absolute atomic E-state index is 2.56. The molecule has 0 amide bonds. The standard InChI is InChI=1S/C35H60N2/c1-2-4-8-12-16-20-28-36-30-23-27-35(33-36)25-19-15-11-7-5-9-13-17-21-29-37-31-22-26-34(32-37)24-18-14-10-6-3-1/h22-23,26-27,32-33H,1-21,24-25,28-31H2/p+2. The molecule has 4 bridgehead atoms. The highest BCUT2D eigenvalue weighted by Gasteiger charge is 2.11. The Bertz CT molecular complexity index is 685. The molecule has 0 fully saturated rings. The van der Waals surface area contributed by atoms with Crippen molar-refractivity contribution in [1.29, 1.82) is 0 Å². The monoisotopic (exact) mass is 510 g/mol. The summed E-state index contributed by atoms with van der Waals surface area (Å²) in [7, 11) is 0. The highest BCUT2D eigenvalue weighted by molar-refractivity contribution is 5.18. The maximum atomic E-state index is 2.56. The van der Waals surface area contributed by atoms with Gasteiger partial charge >= 0.3 is 0 Å². The van der Waals surface area contributed by atoms with Crippen molar-refractivity contribution < 1.29 is 9.80 Å². The molecular weight excluding hydrogens is 448 g/mol. The molecule has 0 aromatic heterocycles. The van der Waals surface area contributed by atoms with Crippen molar-refractivity contribution in [1.82, 2.24) is 0 Å². The fraction of sp³-hybridized carbons (Fsp3) is 0.771. The average Bonchev–Trinajstić information content (AvgIpc) is 2.92. The van der Waals surface area contributed by atoms with Crippen molar-refractivity contribution >= 4 is 0 Å². The minimum absolute atomic E-state index is 1.20. The van der Waals surface area contributed by atoms with Crippen LogP contribution < -0.4 is 9.80 Å². The van der Waals surface area contributed by atoms with Crippen LogP contribution in [-0.4, -0.2) is 26.2 Å². The van der Waals surface area contributed by atoms with Crippen molar-refractivity contribution in [3.8, 4) is 0 Å². The Morgan fingerprint density at radius 3 is 1.00 bits per heavy atom. The van der Waals surface area contributed by atoms with E-state index in [1.54, 1.807) is 20.9 Å². The number of hydrogen-bond acceptors (Lipinski definition) is 0. The SMILES string of the molecule is C1=CC2=C[NH+](C1)CCCCCCCCCCCCCCC1=C[NH+](CC=C1)CCCCCCCCCCC2. The molecule has 0 aromatic carbocycles. The molecule has 0 saturated heterocycles. The van der Waals surface area contributed by atoms with Gasteiger partial charge in [0.05, 0.1) is 25.5 Å². The highest BCUT2D eigenvalue weighted by Crippen LogP contribution is 2.16. The largest absolute Gasteiger partial charge is 0.305 e. The van der Waals surface area contributed by atoms with Gasteiger partial charge in [-0.05, 0) is 63.5 Å². The topological polar surface area (TPSA) is 8.88 Å². The van der Waals surface area contributed by atoms with Crippen LogP contribution in [0.4, 0.5) is 0 Å². The van der Waals surface area contributed by atoms with Gasteiger partial charge < -0.3 is 9.80 Å². The summed E-state index contributed by atoms with van der Waals surface area (Å²) >= 11 is 0. The fourth-order valence-electron chi connectivity index (χ4n) is 6.49. The Morgan fingerprint density at radius 1 is 0.351 bits per heavy atom. The molecule has 0 saturated carbocycles. The van der Waals surface area contributed by atoms with Crippen molar-refractivity contribution in [3.63, 3.8) is 0 Å². The van der Waals surface area contributed by atoms with Crippen LogP contribution in [0.25, 0.3) is 0 Å². The van der Waals surface area contributed by atoms with Gasteiger partial charge in [0.25, 0.3) is 0 Å². The number of quaternary nitrogens is 2. The molecule has 3 rings (SSSR count). The molecule has 3 aliphatic rings. The Morgan fingerprint density at radius 2 is 0.649 bits per heavy atom. The molecule has 2 heteroatoms. The van der Waals surface area contributed by atoms with Gasteiger partial charge in [-0.1, -0.05) is 108 Å². The highest BCUT2D eigenvalue weighted by atomic mass is 15.1. The molecule has 0 aliphatic carbocycles. The van der Waals surface area contributed by atoms with Gasteiger partial charge in [-0.2, -0.15) is 0 Å². The van der Waals surface area contributed by atoms with E-state index >= 15 is 0 Å². The van der Waals surface area contributed by atoms with Crippen molar-refractivity contribution in [2.24, 2.45) is 0 Å². The molecule has 2 N–H and O–H groups in total. The van der Waals surface area contributed by atoms with Gasteiger partial charge in [-0.3, -0.25) is 0 Å². The second-order valence-corrected chi connectivity index (χ2v) is 12.4. The molecule has 2 nitrogen and oxygen atoms in total. The van der Waals surface area contributed by atoms with E-state index in [-0.39, 0.29) is 0 Å². The summed E-state index contributed by atoms with van der Waals surface area (Å²) in [4.78, 5) is 3.39. The third-order valence-electron chi connectivity index (χ3n) is 8.88. The summed E-state index contributed by atoms with van der Waals surface area (Å²) in [5, 5.41) is 0. The summed E-state index contributed by atoms with van der Waals surface area (Å²) in [6.07, 6.45) is 47.5. The van der Waals surface area contributed by atoms with E-state index in [1.165, 1.54) is 174 Å². The van der Waals surface area contributed by atoms with Gasteiger partial charge in [0.2, 0.25) is 0 Å². The molecule has 2 unspecified atom stereocenters. The normalized spacial score (nSPS) is 27.9. The predicted molar refractivity (Wildman–Crippen MR) is 162 cm³/mol. The van der Waals surface area contributed by atoms with Gasteiger partial charge in [0, 0.05) is 11.1 Å². The zero-order valence-electron chi connectivity index (χ0n) is 24.6. The Balaban J connectivity index is 1.32. The van der Waals surface area contributed by atoms with E-state index < -0.39 is 0 Å². The van der Waals surface area contributed by atoms with Gasteiger partial charge in [0.15, 0.2) is 0 Å². The lowest BCUT2D eigenvalue weighted by Gasteiger charge is -2.18. The van der Waals surface area contributed by atoms with E-state index in [4.69, 9.17) is 0 Å². The zero-order valence-corrected chi connectivity index (χ0v) is 24.6. The van der Waals surface area contributed by atoms with Gasteiger partial charge in [-0.15, -0.1) is 0 Å². The van der Waals surface area contributed by atoms with E-state index in [2.05, 4.69) is 36.7 Å². The number of allylic oxidation sites excluding steroid dienone is 4. The third kappa shape index (κ3) is 15.2. The van der Waals surface area contributed by atoms with Crippen molar-refractivity contribution in [3.05, 3.63) is 47.9 Å². The van der Waals surface area contributed by atoms with Crippen LogP contribution in [0.15, 0.2) is 47.9 Å². The minimum atomic E-state index is 1.20. The summed E-state index contributed by atoms with van der Waals surface area (Å²) in [6, 6.07) is 0. The summed E-state index contributed by atoms with van der Waals surface area (Å²) < 4.78 is 0. The number of hydrogen-bond donors (Lipinski definition) is 2. The first-order valence-electron chi connectivity index (χ1n) is 16.8. The predicted octanol–water partition coefficient (Wildman–Crippen LogP) is 7.65. The molecule has 2 atom stereocenters. The third-order valence-corrected chi connectivity index (χ3v) is 8.88. The number of rotatable bonds is 0. The average molecular weight is 511 g/mol.